The van der Waals surface area contributed by atoms with Gasteiger partial charge in [-0.3, -0.25) is 9.59 Å². The van der Waals surface area contributed by atoms with Crippen molar-refractivity contribution >= 4 is 17.7 Å². The Balaban J connectivity index is 1.62. The van der Waals surface area contributed by atoms with Gasteiger partial charge < -0.3 is 49.7 Å². The minimum absolute atomic E-state index is 0.0306. The first-order valence-corrected chi connectivity index (χ1v) is 13.4. The molecule has 1 saturated carbocycles. The SMILES string of the molecule is CC(C)CC(=O)OC1CC=C(OOC2OC(COC(=O)C(O)C(O)CCO)C(O)C(O)C2O)C2CC(=O)C(C)C12. The van der Waals surface area contributed by atoms with Crippen LogP contribution in [-0.4, -0.2) is 111 Å². The van der Waals surface area contributed by atoms with Crippen molar-refractivity contribution in [2.24, 2.45) is 23.7 Å². The lowest BCUT2D eigenvalue weighted by Gasteiger charge is -2.40. The maximum Gasteiger partial charge on any atom is 0.337 e. The zero-order chi connectivity index (χ0) is 29.7. The number of hydrogen-bond acceptors (Lipinski definition) is 14. The summed E-state index contributed by atoms with van der Waals surface area (Å²) >= 11 is 0. The number of ketones is 1. The van der Waals surface area contributed by atoms with Gasteiger partial charge in [-0.05, 0) is 18.4 Å². The molecule has 0 aromatic heterocycles. The lowest BCUT2D eigenvalue weighted by molar-refractivity contribution is -0.414. The molecule has 0 aromatic carbocycles. The van der Waals surface area contributed by atoms with Crippen molar-refractivity contribution < 1.29 is 69.0 Å². The number of Topliss-reactive ketones (excluding diaryl/α,β-unsaturated/α-hetero) is 1. The smallest absolute Gasteiger partial charge is 0.337 e. The van der Waals surface area contributed by atoms with Crippen LogP contribution in [0.1, 0.15) is 46.5 Å². The average molecular weight is 577 g/mol. The van der Waals surface area contributed by atoms with E-state index in [1.165, 1.54) is 0 Å². The summed E-state index contributed by atoms with van der Waals surface area (Å²) in [7, 11) is 0. The van der Waals surface area contributed by atoms with E-state index >= 15 is 0 Å². The average Bonchev–Trinajstić information content (AvgIpc) is 3.20. The van der Waals surface area contributed by atoms with Crippen LogP contribution in [-0.2, 0) is 38.4 Å². The van der Waals surface area contributed by atoms with Gasteiger partial charge >= 0.3 is 11.9 Å². The van der Waals surface area contributed by atoms with Gasteiger partial charge in [-0.15, -0.1) is 0 Å². The highest BCUT2D eigenvalue weighted by Crippen LogP contribution is 2.46. The molecule has 40 heavy (non-hydrogen) atoms. The second-order valence-electron chi connectivity index (χ2n) is 11.0. The predicted octanol–water partition coefficient (Wildman–Crippen LogP) is -1.52. The molecule has 0 aromatic rings. The molecular weight excluding hydrogens is 536 g/mol. The molecule has 1 heterocycles. The molecule has 6 N–H and O–H groups in total. The number of allylic oxidation sites excluding steroid dienone is 1. The number of esters is 2. The monoisotopic (exact) mass is 576 g/mol. The number of aliphatic hydroxyl groups excluding tert-OH is 6. The largest absolute Gasteiger partial charge is 0.462 e. The van der Waals surface area contributed by atoms with Gasteiger partial charge in [0.25, 0.3) is 0 Å². The van der Waals surface area contributed by atoms with Crippen LogP contribution in [0, 0.1) is 23.7 Å². The second kappa shape index (κ2) is 14.1. The van der Waals surface area contributed by atoms with E-state index < -0.39 is 80.0 Å². The van der Waals surface area contributed by atoms with E-state index in [1.54, 1.807) is 13.0 Å². The maximum atomic E-state index is 12.6. The summed E-state index contributed by atoms with van der Waals surface area (Å²) in [4.78, 5) is 47.6. The fraction of sp³-hybridized carbons (Fsp3) is 0.808. The van der Waals surface area contributed by atoms with Crippen molar-refractivity contribution in [2.75, 3.05) is 13.2 Å². The molecule has 2 aliphatic carbocycles. The van der Waals surface area contributed by atoms with Crippen LogP contribution in [0.25, 0.3) is 0 Å². The minimum atomic E-state index is -1.96. The highest BCUT2D eigenvalue weighted by Gasteiger charge is 2.51. The first-order chi connectivity index (χ1) is 18.8. The number of fused-ring (bicyclic) bond motifs is 1. The summed E-state index contributed by atoms with van der Waals surface area (Å²) in [6.45, 7) is 4.39. The highest BCUT2D eigenvalue weighted by atomic mass is 17.2. The second-order valence-corrected chi connectivity index (χ2v) is 11.0. The first kappa shape index (κ1) is 32.3. The fourth-order valence-corrected chi connectivity index (χ4v) is 5.22. The van der Waals surface area contributed by atoms with Crippen LogP contribution >= 0.6 is 0 Å². The van der Waals surface area contributed by atoms with E-state index in [9.17, 15) is 39.9 Å². The van der Waals surface area contributed by atoms with Crippen molar-refractivity contribution in [3.63, 3.8) is 0 Å². The third kappa shape index (κ3) is 7.56. The van der Waals surface area contributed by atoms with E-state index in [0.29, 0.717) is 0 Å². The summed E-state index contributed by atoms with van der Waals surface area (Å²) in [5.41, 5.74) is 0. The lowest BCUT2D eigenvalue weighted by atomic mass is 9.79. The first-order valence-electron chi connectivity index (χ1n) is 13.4. The molecule has 0 spiro atoms. The highest BCUT2D eigenvalue weighted by molar-refractivity contribution is 5.84. The minimum Gasteiger partial charge on any atom is -0.462 e. The van der Waals surface area contributed by atoms with Crippen LogP contribution in [0.3, 0.4) is 0 Å². The summed E-state index contributed by atoms with van der Waals surface area (Å²) in [6.07, 6.45) is -10.4. The zero-order valence-electron chi connectivity index (χ0n) is 22.7. The van der Waals surface area contributed by atoms with E-state index in [0.717, 1.165) is 0 Å². The van der Waals surface area contributed by atoms with Gasteiger partial charge in [0.15, 0.2) is 6.10 Å². The number of rotatable bonds is 12. The number of carbonyl (C=O) groups is 3. The molecule has 14 nitrogen and oxygen atoms in total. The van der Waals surface area contributed by atoms with Crippen LogP contribution in [0.5, 0.6) is 0 Å². The van der Waals surface area contributed by atoms with E-state index in [1.807, 2.05) is 13.8 Å². The molecule has 14 heteroatoms. The van der Waals surface area contributed by atoms with Gasteiger partial charge in [-0.25, -0.2) is 4.79 Å². The fourth-order valence-electron chi connectivity index (χ4n) is 5.22. The normalized spacial score (nSPS) is 35.5. The van der Waals surface area contributed by atoms with Crippen LogP contribution in [0.4, 0.5) is 0 Å². The van der Waals surface area contributed by atoms with Gasteiger partial charge in [0, 0.05) is 43.6 Å². The quantitative estimate of drug-likeness (QED) is 0.0883. The van der Waals surface area contributed by atoms with Crippen molar-refractivity contribution in [3.8, 4) is 0 Å². The van der Waals surface area contributed by atoms with Crippen molar-refractivity contribution in [3.05, 3.63) is 11.8 Å². The van der Waals surface area contributed by atoms with Crippen LogP contribution in [0.15, 0.2) is 11.8 Å². The zero-order valence-corrected chi connectivity index (χ0v) is 22.7. The molecule has 2 fully saturated rings. The van der Waals surface area contributed by atoms with Gasteiger partial charge in [0.05, 0.1) is 6.10 Å². The van der Waals surface area contributed by atoms with Crippen molar-refractivity contribution in [1.29, 1.82) is 0 Å². The molecule has 1 aliphatic heterocycles. The molecule has 1 saturated heterocycles. The molecule has 0 amide bonds. The Hall–Kier alpha value is -2.17. The molecule has 11 atom stereocenters. The van der Waals surface area contributed by atoms with E-state index in [4.69, 9.17) is 29.1 Å². The standard InChI is InChI=1S/C26H40O14/c1-11(2)8-19(30)37-17-5-4-16(13-9-15(29)12(3)20(13)17)39-40-26-24(34)23(33)22(32)18(38-26)10-36-25(35)21(31)14(28)6-7-27/h4,11-14,17-18,20-24,26-28,31-34H,5-10H2,1-3H3. The van der Waals surface area contributed by atoms with Gasteiger partial charge in [-0.1, -0.05) is 20.8 Å². The Labute approximate surface area is 231 Å². The molecular formula is C26H40O14. The molecule has 11 unspecified atom stereocenters. The number of hydrogen-bond donors (Lipinski definition) is 6. The Bertz CT molecular complexity index is 921. The van der Waals surface area contributed by atoms with Crippen LogP contribution in [0.2, 0.25) is 0 Å². The van der Waals surface area contributed by atoms with Gasteiger partial charge in [0.1, 0.15) is 48.7 Å². The summed E-state index contributed by atoms with van der Waals surface area (Å²) in [6, 6.07) is 0. The number of ether oxygens (including phenoxy) is 3. The molecule has 3 aliphatic rings. The van der Waals surface area contributed by atoms with Gasteiger partial charge in [-0.2, -0.15) is 4.89 Å². The van der Waals surface area contributed by atoms with Crippen molar-refractivity contribution in [1.82, 2.24) is 0 Å². The molecule has 3 rings (SSSR count). The molecule has 228 valence electrons. The predicted molar refractivity (Wildman–Crippen MR) is 131 cm³/mol. The van der Waals surface area contributed by atoms with Crippen LogP contribution < -0.4 is 0 Å². The van der Waals surface area contributed by atoms with E-state index in [2.05, 4.69) is 0 Å². The Kier molecular flexibility index (Phi) is 11.4. The van der Waals surface area contributed by atoms with Gasteiger partial charge in [0.2, 0.25) is 6.29 Å². The Morgan fingerprint density at radius 3 is 2.48 bits per heavy atom. The Morgan fingerprint density at radius 1 is 1.12 bits per heavy atom. The summed E-state index contributed by atoms with van der Waals surface area (Å²) < 4.78 is 16.0. The third-order valence-corrected chi connectivity index (χ3v) is 7.50. The molecule has 0 radical (unpaired) electrons. The number of carbonyl (C=O) groups excluding carboxylic acids is 3. The number of aliphatic hydroxyl groups is 6. The van der Waals surface area contributed by atoms with E-state index in [-0.39, 0.29) is 55.0 Å². The lowest BCUT2D eigenvalue weighted by Crippen LogP contribution is -2.59. The Morgan fingerprint density at radius 2 is 1.82 bits per heavy atom. The third-order valence-electron chi connectivity index (χ3n) is 7.50. The molecule has 0 bridgehead atoms. The summed E-state index contributed by atoms with van der Waals surface area (Å²) in [5.74, 6) is -2.47. The summed E-state index contributed by atoms with van der Waals surface area (Å²) in [5, 5.41) is 59.1. The topological polar surface area (TPSA) is 219 Å². The van der Waals surface area contributed by atoms with Crippen molar-refractivity contribution in [2.45, 2.75) is 95.5 Å². The maximum absolute atomic E-state index is 12.6.